The molecule has 1 rings (SSSR count). The molecule has 0 aliphatic carbocycles. The topological polar surface area (TPSA) is 34.9 Å². The van der Waals surface area contributed by atoms with Crippen LogP contribution >= 0.6 is 11.6 Å². The zero-order chi connectivity index (χ0) is 8.97. The maximum absolute atomic E-state index is 10.5. The molecule has 0 aliphatic heterocycles. The summed E-state index contributed by atoms with van der Waals surface area (Å²) in [5.41, 5.74) is 0.549. The number of rotatable bonds is 4. The van der Waals surface area contributed by atoms with Crippen molar-refractivity contribution in [1.29, 1.82) is 0 Å². The van der Waals surface area contributed by atoms with Crippen molar-refractivity contribution in [3.8, 4) is 0 Å². The summed E-state index contributed by atoms with van der Waals surface area (Å²) in [4.78, 5) is 14.3. The highest BCUT2D eigenvalue weighted by atomic mass is 35.5. The normalized spacial score (nSPS) is 10.2. The van der Waals surface area contributed by atoms with Crippen molar-refractivity contribution >= 4 is 17.9 Å². The molecule has 66 valence electrons. The molecule has 0 aromatic carbocycles. The van der Waals surface area contributed by atoms with E-state index in [1.54, 1.807) is 4.57 Å². The van der Waals surface area contributed by atoms with Crippen LogP contribution in [0.4, 0.5) is 0 Å². The molecule has 0 N–H and O–H groups in total. The molecule has 0 unspecified atom stereocenters. The minimum atomic E-state index is 0.394. The number of nitrogens with zero attached hydrogens (tertiary/aromatic N) is 2. The predicted octanol–water partition coefficient (Wildman–Crippen LogP) is 2.15. The fourth-order valence-corrected chi connectivity index (χ4v) is 1.23. The second-order valence-electron chi connectivity index (χ2n) is 2.58. The zero-order valence-electron chi connectivity index (χ0n) is 6.96. The van der Waals surface area contributed by atoms with E-state index in [4.69, 9.17) is 11.6 Å². The van der Waals surface area contributed by atoms with E-state index in [-0.39, 0.29) is 0 Å². The largest absolute Gasteiger partial charge is 0.312 e. The number of aldehydes is 1. The van der Waals surface area contributed by atoms with Crippen LogP contribution in [0, 0.1) is 0 Å². The van der Waals surface area contributed by atoms with Gasteiger partial charge < -0.3 is 4.57 Å². The molecule has 0 bridgehead atoms. The molecular weight excluding hydrogens is 176 g/mol. The number of carbonyl (C=O) groups is 1. The molecule has 0 amide bonds. The van der Waals surface area contributed by atoms with Crippen molar-refractivity contribution in [3.63, 3.8) is 0 Å². The quantitative estimate of drug-likeness (QED) is 0.676. The highest BCUT2D eigenvalue weighted by Gasteiger charge is 2.05. The fourth-order valence-electron chi connectivity index (χ4n) is 0.997. The molecule has 0 saturated heterocycles. The van der Waals surface area contributed by atoms with Crippen LogP contribution in [0.1, 0.15) is 30.3 Å². The molecule has 1 aromatic heterocycles. The maximum Gasteiger partial charge on any atom is 0.203 e. The summed E-state index contributed by atoms with van der Waals surface area (Å²) in [6, 6.07) is 0. The van der Waals surface area contributed by atoms with Crippen molar-refractivity contribution in [2.75, 3.05) is 0 Å². The van der Waals surface area contributed by atoms with Crippen LogP contribution < -0.4 is 0 Å². The predicted molar refractivity (Wildman–Crippen MR) is 47.5 cm³/mol. The maximum atomic E-state index is 10.5. The Morgan fingerprint density at radius 3 is 3.08 bits per heavy atom. The van der Waals surface area contributed by atoms with Crippen LogP contribution in [-0.2, 0) is 6.54 Å². The van der Waals surface area contributed by atoms with Gasteiger partial charge in [0.1, 0.15) is 5.69 Å². The summed E-state index contributed by atoms with van der Waals surface area (Å²) in [6.45, 7) is 2.86. The lowest BCUT2D eigenvalue weighted by Gasteiger charge is -2.03. The molecule has 0 fully saturated rings. The van der Waals surface area contributed by atoms with E-state index in [0.717, 1.165) is 25.7 Å². The minimum Gasteiger partial charge on any atom is -0.312 e. The first-order valence-corrected chi connectivity index (χ1v) is 4.33. The molecule has 0 aliphatic rings. The molecule has 0 spiro atoms. The standard InChI is InChI=1S/C8H11ClN2O/c1-2-3-4-11-7(6-12)5-10-8(11)9/h5-6H,2-4H2,1H3. The Hall–Kier alpha value is -0.830. The van der Waals surface area contributed by atoms with E-state index in [2.05, 4.69) is 11.9 Å². The van der Waals surface area contributed by atoms with Crippen molar-refractivity contribution in [1.82, 2.24) is 9.55 Å². The van der Waals surface area contributed by atoms with Gasteiger partial charge in [-0.15, -0.1) is 0 Å². The number of imidazole rings is 1. The van der Waals surface area contributed by atoms with E-state index in [1.165, 1.54) is 6.20 Å². The Kier molecular flexibility index (Phi) is 3.29. The Morgan fingerprint density at radius 2 is 2.50 bits per heavy atom. The van der Waals surface area contributed by atoms with Gasteiger partial charge in [0.05, 0.1) is 6.20 Å². The summed E-state index contributed by atoms with van der Waals surface area (Å²) in [7, 11) is 0. The average Bonchev–Trinajstić information content (AvgIpc) is 2.43. The van der Waals surface area contributed by atoms with Gasteiger partial charge in [-0.3, -0.25) is 4.79 Å². The lowest BCUT2D eigenvalue weighted by molar-refractivity contribution is 0.111. The Balaban J connectivity index is 2.79. The monoisotopic (exact) mass is 186 g/mol. The van der Waals surface area contributed by atoms with Crippen molar-refractivity contribution in [2.45, 2.75) is 26.3 Å². The average molecular weight is 187 g/mol. The summed E-state index contributed by atoms with van der Waals surface area (Å²) >= 11 is 5.75. The van der Waals surface area contributed by atoms with Gasteiger partial charge in [-0.2, -0.15) is 0 Å². The third-order valence-corrected chi connectivity index (χ3v) is 2.00. The molecule has 0 saturated carbocycles. The van der Waals surface area contributed by atoms with Gasteiger partial charge in [-0.25, -0.2) is 4.98 Å². The van der Waals surface area contributed by atoms with Gasteiger partial charge in [0.15, 0.2) is 6.29 Å². The van der Waals surface area contributed by atoms with E-state index >= 15 is 0 Å². The number of aromatic nitrogens is 2. The van der Waals surface area contributed by atoms with Crippen LogP contribution in [0.3, 0.4) is 0 Å². The Bertz CT molecular complexity index is 270. The molecule has 3 nitrogen and oxygen atoms in total. The highest BCUT2D eigenvalue weighted by molar-refractivity contribution is 6.28. The SMILES string of the molecule is CCCCn1c(C=O)cnc1Cl. The molecule has 0 atom stereocenters. The van der Waals surface area contributed by atoms with Crippen LogP contribution in [-0.4, -0.2) is 15.8 Å². The van der Waals surface area contributed by atoms with Gasteiger partial charge in [-0.1, -0.05) is 13.3 Å². The first-order valence-electron chi connectivity index (χ1n) is 3.95. The van der Waals surface area contributed by atoms with E-state index in [9.17, 15) is 4.79 Å². The number of unbranched alkanes of at least 4 members (excludes halogenated alkanes) is 1. The summed E-state index contributed by atoms with van der Waals surface area (Å²) < 4.78 is 1.72. The molecule has 0 radical (unpaired) electrons. The molecular formula is C8H11ClN2O. The van der Waals surface area contributed by atoms with Crippen LogP contribution in [0.15, 0.2) is 6.20 Å². The van der Waals surface area contributed by atoms with Crippen LogP contribution in [0.2, 0.25) is 5.28 Å². The number of hydrogen-bond acceptors (Lipinski definition) is 2. The number of carbonyl (C=O) groups excluding carboxylic acids is 1. The van der Waals surface area contributed by atoms with Crippen LogP contribution in [0.25, 0.3) is 0 Å². The number of hydrogen-bond donors (Lipinski definition) is 0. The summed E-state index contributed by atoms with van der Waals surface area (Å²) in [5, 5.41) is 0.394. The van der Waals surface area contributed by atoms with Crippen molar-refractivity contribution in [3.05, 3.63) is 17.2 Å². The van der Waals surface area contributed by atoms with Gasteiger partial charge in [0, 0.05) is 6.54 Å². The first-order chi connectivity index (χ1) is 5.79. The van der Waals surface area contributed by atoms with Crippen molar-refractivity contribution in [2.24, 2.45) is 0 Å². The third-order valence-electron chi connectivity index (χ3n) is 1.69. The van der Waals surface area contributed by atoms with Gasteiger partial charge in [0.25, 0.3) is 0 Å². The zero-order valence-corrected chi connectivity index (χ0v) is 7.71. The molecule has 1 aromatic rings. The molecule has 1 heterocycles. The van der Waals surface area contributed by atoms with E-state index in [1.807, 2.05) is 0 Å². The Morgan fingerprint density at radius 1 is 1.75 bits per heavy atom. The van der Waals surface area contributed by atoms with Crippen molar-refractivity contribution < 1.29 is 4.79 Å². The van der Waals surface area contributed by atoms with E-state index in [0.29, 0.717) is 11.0 Å². The van der Waals surface area contributed by atoms with E-state index < -0.39 is 0 Å². The van der Waals surface area contributed by atoms with Gasteiger partial charge in [-0.05, 0) is 18.0 Å². The molecule has 12 heavy (non-hydrogen) atoms. The number of halogens is 1. The minimum absolute atomic E-state index is 0.394. The highest BCUT2D eigenvalue weighted by Crippen LogP contribution is 2.10. The Labute approximate surface area is 76.4 Å². The van der Waals surface area contributed by atoms with Gasteiger partial charge in [0.2, 0.25) is 5.28 Å². The summed E-state index contributed by atoms with van der Waals surface area (Å²) in [6.07, 6.45) is 4.35. The smallest absolute Gasteiger partial charge is 0.203 e. The van der Waals surface area contributed by atoms with Crippen LogP contribution in [0.5, 0.6) is 0 Å². The lowest BCUT2D eigenvalue weighted by atomic mass is 10.3. The first kappa shape index (κ1) is 9.26. The summed E-state index contributed by atoms with van der Waals surface area (Å²) in [5.74, 6) is 0. The fraction of sp³-hybridized carbons (Fsp3) is 0.500. The second-order valence-corrected chi connectivity index (χ2v) is 2.91. The lowest BCUT2D eigenvalue weighted by Crippen LogP contribution is -2.01. The third kappa shape index (κ3) is 1.85. The van der Waals surface area contributed by atoms with Gasteiger partial charge >= 0.3 is 0 Å². The second kappa shape index (κ2) is 4.26. The molecule has 4 heteroatoms.